The van der Waals surface area contributed by atoms with Gasteiger partial charge in [-0.25, -0.2) is 27.6 Å². The zero-order chi connectivity index (χ0) is 14.4. The fraction of sp³-hybridized carbons (Fsp3) is 0.250. The minimum absolute atomic E-state index is 0.0388. The molecule has 2 aromatic rings. The molecule has 0 radical (unpaired) electrons. The van der Waals surface area contributed by atoms with Crippen LogP contribution in [0.2, 0.25) is 0 Å². The van der Waals surface area contributed by atoms with Gasteiger partial charge in [0.1, 0.15) is 11.5 Å². The Morgan fingerprint density at radius 3 is 2.55 bits per heavy atom. The van der Waals surface area contributed by atoms with E-state index in [1.165, 1.54) is 0 Å². The number of carboxylic acids is 1. The summed E-state index contributed by atoms with van der Waals surface area (Å²) in [5, 5.41) is 12.5. The molecule has 3 rings (SSSR count). The van der Waals surface area contributed by atoms with Gasteiger partial charge in [-0.05, 0) is 25.0 Å². The van der Waals surface area contributed by atoms with E-state index in [1.54, 1.807) is 0 Å². The molecule has 1 N–H and O–H groups in total. The Morgan fingerprint density at radius 2 is 1.95 bits per heavy atom. The summed E-state index contributed by atoms with van der Waals surface area (Å²) in [5.41, 5.74) is -0.356. The normalized spacial score (nSPS) is 14.6. The summed E-state index contributed by atoms with van der Waals surface area (Å²) in [7, 11) is 0. The molecule has 1 aromatic heterocycles. The predicted octanol–water partition coefficient (Wildman–Crippen LogP) is 2.26. The van der Waals surface area contributed by atoms with E-state index >= 15 is 0 Å². The van der Waals surface area contributed by atoms with Gasteiger partial charge in [-0.15, -0.1) is 5.10 Å². The maximum absolute atomic E-state index is 13.8. The van der Waals surface area contributed by atoms with Crippen LogP contribution in [0.15, 0.2) is 12.1 Å². The Morgan fingerprint density at radius 1 is 1.25 bits per heavy atom. The number of aromatic nitrogens is 3. The van der Waals surface area contributed by atoms with Crippen LogP contribution in [0.5, 0.6) is 0 Å². The van der Waals surface area contributed by atoms with Crippen molar-refractivity contribution < 1.29 is 23.1 Å². The Bertz CT molecular complexity index is 710. The maximum atomic E-state index is 13.8. The van der Waals surface area contributed by atoms with E-state index < -0.39 is 29.2 Å². The third-order valence-electron chi connectivity index (χ3n) is 3.01. The average Bonchev–Trinajstić information content (AvgIpc) is 3.16. The SMILES string of the molecule is O=C(O)c1nc(C2CC2)n(-c2ccc(F)c(F)c2F)n1. The van der Waals surface area contributed by atoms with Gasteiger partial charge in [0.05, 0.1) is 0 Å². The lowest BCUT2D eigenvalue weighted by Crippen LogP contribution is -2.07. The molecule has 104 valence electrons. The lowest BCUT2D eigenvalue weighted by Gasteiger charge is -2.07. The van der Waals surface area contributed by atoms with Gasteiger partial charge in [-0.3, -0.25) is 0 Å². The fourth-order valence-corrected chi connectivity index (χ4v) is 1.88. The summed E-state index contributed by atoms with van der Waals surface area (Å²) in [6.45, 7) is 0. The zero-order valence-corrected chi connectivity index (χ0v) is 9.98. The lowest BCUT2D eigenvalue weighted by molar-refractivity contribution is 0.0683. The molecule has 0 atom stereocenters. The molecular formula is C12H8F3N3O2. The first-order chi connectivity index (χ1) is 9.49. The van der Waals surface area contributed by atoms with Crippen molar-refractivity contribution in [3.63, 3.8) is 0 Å². The van der Waals surface area contributed by atoms with Crippen molar-refractivity contribution in [3.05, 3.63) is 41.2 Å². The van der Waals surface area contributed by atoms with Crippen LogP contribution < -0.4 is 0 Å². The number of aromatic carboxylic acids is 1. The predicted molar refractivity (Wildman–Crippen MR) is 60.2 cm³/mol. The number of rotatable bonds is 3. The van der Waals surface area contributed by atoms with Crippen molar-refractivity contribution in [1.82, 2.24) is 14.8 Å². The van der Waals surface area contributed by atoms with Gasteiger partial charge in [0.2, 0.25) is 0 Å². The Balaban J connectivity index is 2.18. The zero-order valence-electron chi connectivity index (χ0n) is 9.98. The standard InChI is InChI=1S/C12H8F3N3O2/c13-6-3-4-7(9(15)8(6)14)18-11(5-1-2-5)16-10(17-18)12(19)20/h3-5H,1-2H2,(H,19,20). The van der Waals surface area contributed by atoms with Crippen LogP contribution in [0.4, 0.5) is 13.2 Å². The molecule has 0 spiro atoms. The van der Waals surface area contributed by atoms with Crippen molar-refractivity contribution in [3.8, 4) is 5.69 Å². The third kappa shape index (κ3) is 1.93. The molecule has 1 heterocycles. The van der Waals surface area contributed by atoms with Gasteiger partial charge in [-0.1, -0.05) is 0 Å². The topological polar surface area (TPSA) is 68.0 Å². The lowest BCUT2D eigenvalue weighted by atomic mass is 10.2. The highest BCUT2D eigenvalue weighted by molar-refractivity contribution is 5.83. The summed E-state index contributed by atoms with van der Waals surface area (Å²) in [6.07, 6.45) is 1.53. The smallest absolute Gasteiger partial charge is 0.375 e. The van der Waals surface area contributed by atoms with E-state index in [0.717, 1.165) is 29.7 Å². The fourth-order valence-electron chi connectivity index (χ4n) is 1.88. The van der Waals surface area contributed by atoms with Crippen molar-refractivity contribution in [2.45, 2.75) is 18.8 Å². The molecule has 8 heteroatoms. The summed E-state index contributed by atoms with van der Waals surface area (Å²) < 4.78 is 40.9. The molecule has 1 aliphatic rings. The summed E-state index contributed by atoms with van der Waals surface area (Å²) >= 11 is 0. The molecule has 1 aromatic carbocycles. The van der Waals surface area contributed by atoms with Crippen LogP contribution >= 0.6 is 0 Å². The van der Waals surface area contributed by atoms with Crippen LogP contribution in [0.25, 0.3) is 5.69 Å². The second-order valence-electron chi connectivity index (χ2n) is 4.48. The van der Waals surface area contributed by atoms with Crippen molar-refractivity contribution in [2.75, 3.05) is 0 Å². The highest BCUT2D eigenvalue weighted by Crippen LogP contribution is 2.40. The average molecular weight is 283 g/mol. The molecular weight excluding hydrogens is 275 g/mol. The first-order valence-electron chi connectivity index (χ1n) is 5.83. The highest BCUT2D eigenvalue weighted by atomic mass is 19.2. The number of carbonyl (C=O) groups is 1. The molecule has 0 saturated heterocycles. The van der Waals surface area contributed by atoms with Crippen LogP contribution in [-0.2, 0) is 0 Å². The van der Waals surface area contributed by atoms with E-state index in [4.69, 9.17) is 5.11 Å². The Labute approximate surface area is 110 Å². The van der Waals surface area contributed by atoms with Crippen LogP contribution in [0, 0.1) is 17.5 Å². The molecule has 5 nitrogen and oxygen atoms in total. The number of hydrogen-bond acceptors (Lipinski definition) is 3. The molecule has 1 fully saturated rings. The summed E-state index contributed by atoms with van der Waals surface area (Å²) in [4.78, 5) is 14.7. The number of halogens is 3. The van der Waals surface area contributed by atoms with Crippen LogP contribution in [0.1, 0.15) is 35.2 Å². The summed E-state index contributed by atoms with van der Waals surface area (Å²) in [5.74, 6) is -6.04. The van der Waals surface area contributed by atoms with Gasteiger partial charge in [0.25, 0.3) is 5.82 Å². The monoisotopic (exact) mass is 283 g/mol. The van der Waals surface area contributed by atoms with E-state index in [2.05, 4.69) is 10.1 Å². The molecule has 0 amide bonds. The first-order valence-corrected chi connectivity index (χ1v) is 5.83. The van der Waals surface area contributed by atoms with Crippen molar-refractivity contribution in [2.24, 2.45) is 0 Å². The van der Waals surface area contributed by atoms with Gasteiger partial charge in [0.15, 0.2) is 17.5 Å². The maximum Gasteiger partial charge on any atom is 0.375 e. The van der Waals surface area contributed by atoms with Gasteiger partial charge >= 0.3 is 5.97 Å². The highest BCUT2D eigenvalue weighted by Gasteiger charge is 2.32. The minimum atomic E-state index is -1.63. The molecule has 0 aliphatic heterocycles. The quantitative estimate of drug-likeness (QED) is 0.877. The van der Waals surface area contributed by atoms with Gasteiger partial charge < -0.3 is 5.11 Å². The molecule has 20 heavy (non-hydrogen) atoms. The number of nitrogens with zero attached hydrogens (tertiary/aromatic N) is 3. The Kier molecular flexibility index (Phi) is 2.73. The van der Waals surface area contributed by atoms with Crippen LogP contribution in [-0.4, -0.2) is 25.8 Å². The van der Waals surface area contributed by atoms with E-state index in [9.17, 15) is 18.0 Å². The molecule has 0 bridgehead atoms. The third-order valence-corrected chi connectivity index (χ3v) is 3.01. The number of carboxylic acid groups (broad SMARTS) is 1. The van der Waals surface area contributed by atoms with E-state index in [1.807, 2.05) is 0 Å². The molecule has 1 aliphatic carbocycles. The number of benzene rings is 1. The Hall–Kier alpha value is -2.38. The minimum Gasteiger partial charge on any atom is -0.475 e. The molecule has 1 saturated carbocycles. The van der Waals surface area contributed by atoms with Gasteiger partial charge in [-0.2, -0.15) is 0 Å². The van der Waals surface area contributed by atoms with Gasteiger partial charge in [0, 0.05) is 5.92 Å². The second kappa shape index (κ2) is 4.32. The van der Waals surface area contributed by atoms with E-state index in [0.29, 0.717) is 0 Å². The second-order valence-corrected chi connectivity index (χ2v) is 4.48. The van der Waals surface area contributed by atoms with Crippen molar-refractivity contribution in [1.29, 1.82) is 0 Å². The largest absolute Gasteiger partial charge is 0.475 e. The van der Waals surface area contributed by atoms with Crippen molar-refractivity contribution >= 4 is 5.97 Å². The molecule has 0 unspecified atom stereocenters. The number of hydrogen-bond donors (Lipinski definition) is 1. The van der Waals surface area contributed by atoms with Crippen LogP contribution in [0.3, 0.4) is 0 Å². The van der Waals surface area contributed by atoms with E-state index in [-0.39, 0.29) is 17.4 Å². The summed E-state index contributed by atoms with van der Waals surface area (Å²) in [6, 6.07) is 1.76. The first kappa shape index (κ1) is 12.6.